The highest BCUT2D eigenvalue weighted by Gasteiger charge is 2.39. The molecule has 0 spiro atoms. The molecule has 0 bridgehead atoms. The summed E-state index contributed by atoms with van der Waals surface area (Å²) in [5.41, 5.74) is 2.12. The maximum Gasteiger partial charge on any atom is 0.352 e. The average Bonchev–Trinajstić information content (AvgIpc) is 3.45. The highest BCUT2D eigenvalue weighted by atomic mass is 19.1. The summed E-state index contributed by atoms with van der Waals surface area (Å²) in [5, 5.41) is 28.1. The quantitative estimate of drug-likeness (QED) is 0.465. The number of pyridine rings is 1. The van der Waals surface area contributed by atoms with Crippen molar-refractivity contribution in [2.75, 3.05) is 18.0 Å². The van der Waals surface area contributed by atoms with Gasteiger partial charge in [-0.1, -0.05) is 0 Å². The number of fused-ring (bicyclic) bond motifs is 1. The van der Waals surface area contributed by atoms with E-state index in [9.17, 15) is 38.2 Å². The summed E-state index contributed by atoms with van der Waals surface area (Å²) in [6.45, 7) is -0.0918. The van der Waals surface area contributed by atoms with Crippen molar-refractivity contribution >= 4 is 34.6 Å². The van der Waals surface area contributed by atoms with Gasteiger partial charge in [0.05, 0.1) is 16.5 Å². The van der Waals surface area contributed by atoms with Gasteiger partial charge in [-0.3, -0.25) is 4.79 Å². The predicted octanol–water partition coefficient (Wildman–Crippen LogP) is 1.52. The van der Waals surface area contributed by atoms with Gasteiger partial charge < -0.3 is 30.5 Å². The number of rotatable bonds is 6. The Balaban J connectivity index is 1.94. The van der Waals surface area contributed by atoms with Crippen molar-refractivity contribution in [2.45, 2.75) is 25.3 Å². The van der Waals surface area contributed by atoms with Gasteiger partial charge in [-0.2, -0.15) is 0 Å². The van der Waals surface area contributed by atoms with E-state index in [1.165, 1.54) is 9.47 Å². The predicted molar refractivity (Wildman–Crippen MR) is 110 cm³/mol. The zero-order valence-electron chi connectivity index (χ0n) is 17.0. The molecule has 12 heteroatoms. The number of anilines is 1. The Morgan fingerprint density at radius 2 is 1.70 bits per heavy atom. The summed E-state index contributed by atoms with van der Waals surface area (Å²) in [5.74, 6) is -7.78. The van der Waals surface area contributed by atoms with Crippen molar-refractivity contribution < 1.29 is 38.5 Å². The summed E-state index contributed by atoms with van der Waals surface area (Å²) >= 11 is 0. The SMILES string of the molecule is N/C(C(=O)O)=C(/C(=O)O)C1CCN(c2c(C(=O)O)c(=O)c3cc(F)cc(F)c3n2C2CC2)C1. The molecule has 1 aromatic heterocycles. The number of nitrogens with two attached hydrogens (primary N) is 1. The molecule has 1 atom stereocenters. The largest absolute Gasteiger partial charge is 0.478 e. The number of carboxylic acids is 3. The third-order valence-electron chi connectivity index (χ3n) is 5.97. The molecule has 0 amide bonds. The maximum absolute atomic E-state index is 14.8. The van der Waals surface area contributed by atoms with E-state index in [1.54, 1.807) is 0 Å². The number of halogens is 2. The van der Waals surface area contributed by atoms with Crippen LogP contribution in [0.25, 0.3) is 10.9 Å². The van der Waals surface area contributed by atoms with Gasteiger partial charge in [0.1, 0.15) is 22.9 Å². The normalized spacial score (nSPS) is 19.0. The average molecular weight is 463 g/mol. The molecule has 2 aliphatic rings. The summed E-state index contributed by atoms with van der Waals surface area (Å²) in [4.78, 5) is 49.5. The number of benzene rings is 1. The van der Waals surface area contributed by atoms with Gasteiger partial charge in [-0.05, 0) is 25.3 Å². The molecule has 1 unspecified atom stereocenters. The Morgan fingerprint density at radius 1 is 1.03 bits per heavy atom. The van der Waals surface area contributed by atoms with Gasteiger partial charge in [-0.15, -0.1) is 0 Å². The molecule has 10 nitrogen and oxygen atoms in total. The van der Waals surface area contributed by atoms with Gasteiger partial charge in [0.25, 0.3) is 0 Å². The van der Waals surface area contributed by atoms with Crippen LogP contribution in [-0.2, 0) is 9.59 Å². The van der Waals surface area contributed by atoms with Crippen molar-refractivity contribution in [3.63, 3.8) is 0 Å². The molecule has 174 valence electrons. The van der Waals surface area contributed by atoms with Gasteiger partial charge in [0.2, 0.25) is 5.43 Å². The van der Waals surface area contributed by atoms with E-state index in [0.29, 0.717) is 18.9 Å². The monoisotopic (exact) mass is 463 g/mol. The van der Waals surface area contributed by atoms with E-state index in [4.69, 9.17) is 10.8 Å². The van der Waals surface area contributed by atoms with Crippen LogP contribution in [-0.4, -0.2) is 50.9 Å². The summed E-state index contributed by atoms with van der Waals surface area (Å²) in [6, 6.07) is 1.07. The van der Waals surface area contributed by atoms with E-state index in [1.807, 2.05) is 0 Å². The molecule has 1 aliphatic heterocycles. The molecular weight excluding hydrogens is 444 g/mol. The molecule has 1 saturated carbocycles. The van der Waals surface area contributed by atoms with Gasteiger partial charge >= 0.3 is 17.9 Å². The molecule has 1 aromatic carbocycles. The standard InChI is InChI=1S/C21H19F2N3O7/c22-9-5-11-16(12(23)6-9)26(10-1-2-10)18(14(17(11)27)20(30)31)25-4-3-8(7-25)13(19(28)29)15(24)21(32)33/h5-6,8,10H,1-4,7,24H2,(H,28,29)(H,30,31)(H,32,33)/b15-13+. The zero-order valence-corrected chi connectivity index (χ0v) is 17.0. The van der Waals surface area contributed by atoms with Gasteiger partial charge in [0.15, 0.2) is 5.82 Å². The molecule has 1 saturated heterocycles. The Labute approximate surface area is 184 Å². The van der Waals surface area contributed by atoms with Gasteiger partial charge in [0, 0.05) is 31.1 Å². The number of carboxylic acid groups (broad SMARTS) is 3. The summed E-state index contributed by atoms with van der Waals surface area (Å²) < 4.78 is 30.1. The second-order valence-corrected chi connectivity index (χ2v) is 8.09. The van der Waals surface area contributed by atoms with Crippen LogP contribution in [0.1, 0.15) is 35.7 Å². The zero-order chi connectivity index (χ0) is 24.2. The second-order valence-electron chi connectivity index (χ2n) is 8.09. The third-order valence-corrected chi connectivity index (χ3v) is 5.97. The topological polar surface area (TPSA) is 163 Å². The van der Waals surface area contributed by atoms with Crippen LogP contribution in [0.15, 0.2) is 28.2 Å². The maximum atomic E-state index is 14.8. The molecule has 0 radical (unpaired) electrons. The minimum atomic E-state index is -1.61. The highest BCUT2D eigenvalue weighted by molar-refractivity contribution is 6.00. The fourth-order valence-corrected chi connectivity index (χ4v) is 4.45. The lowest BCUT2D eigenvalue weighted by molar-refractivity contribution is -0.136. The number of aromatic carboxylic acids is 1. The van der Waals surface area contributed by atoms with Crippen LogP contribution in [0.4, 0.5) is 14.6 Å². The van der Waals surface area contributed by atoms with Crippen LogP contribution in [0.3, 0.4) is 0 Å². The van der Waals surface area contributed by atoms with Crippen LogP contribution in [0.2, 0.25) is 0 Å². The van der Waals surface area contributed by atoms with Crippen LogP contribution in [0, 0.1) is 17.6 Å². The molecule has 33 heavy (non-hydrogen) atoms. The fourth-order valence-electron chi connectivity index (χ4n) is 4.45. The smallest absolute Gasteiger partial charge is 0.352 e. The minimum absolute atomic E-state index is 0.0646. The van der Waals surface area contributed by atoms with E-state index in [2.05, 4.69) is 0 Å². The van der Waals surface area contributed by atoms with Crippen molar-refractivity contribution in [1.29, 1.82) is 0 Å². The molecular formula is C21H19F2N3O7. The van der Waals surface area contributed by atoms with Crippen molar-refractivity contribution in [1.82, 2.24) is 4.57 Å². The Bertz CT molecular complexity index is 1310. The van der Waals surface area contributed by atoms with E-state index >= 15 is 0 Å². The fraction of sp³-hybridized carbons (Fsp3) is 0.333. The number of carbonyl (C=O) groups is 3. The van der Waals surface area contributed by atoms with Crippen molar-refractivity contribution in [2.24, 2.45) is 11.7 Å². The summed E-state index contributed by atoms with van der Waals surface area (Å²) in [7, 11) is 0. The molecule has 2 fully saturated rings. The molecule has 4 rings (SSSR count). The Kier molecular flexibility index (Phi) is 5.30. The van der Waals surface area contributed by atoms with Crippen molar-refractivity contribution in [3.8, 4) is 0 Å². The van der Waals surface area contributed by atoms with E-state index in [-0.39, 0.29) is 36.9 Å². The van der Waals surface area contributed by atoms with Crippen molar-refractivity contribution in [3.05, 3.63) is 50.8 Å². The number of nitrogens with zero attached hydrogens (tertiary/aromatic N) is 2. The van der Waals surface area contributed by atoms with Crippen LogP contribution >= 0.6 is 0 Å². The molecule has 2 heterocycles. The van der Waals surface area contributed by atoms with E-state index < -0.39 is 63.1 Å². The lowest BCUT2D eigenvalue weighted by Gasteiger charge is -2.27. The molecule has 2 aromatic rings. The number of aliphatic carboxylic acids is 2. The first-order chi connectivity index (χ1) is 15.5. The second kappa shape index (κ2) is 7.87. The molecule has 5 N–H and O–H groups in total. The highest BCUT2D eigenvalue weighted by Crippen LogP contribution is 2.43. The first kappa shape index (κ1) is 22.2. The lowest BCUT2D eigenvalue weighted by atomic mass is 9.96. The van der Waals surface area contributed by atoms with E-state index in [0.717, 1.165) is 6.07 Å². The number of aromatic nitrogens is 1. The Hall–Kier alpha value is -3.96. The summed E-state index contributed by atoms with van der Waals surface area (Å²) in [6.07, 6.45) is 1.26. The molecule has 1 aliphatic carbocycles. The van der Waals surface area contributed by atoms with Gasteiger partial charge in [-0.25, -0.2) is 23.2 Å². The first-order valence-corrected chi connectivity index (χ1v) is 10.0. The van der Waals surface area contributed by atoms with Crippen LogP contribution < -0.4 is 16.1 Å². The number of hydrogen-bond acceptors (Lipinski definition) is 6. The minimum Gasteiger partial charge on any atom is -0.478 e. The Morgan fingerprint density at radius 3 is 2.24 bits per heavy atom. The van der Waals surface area contributed by atoms with Crippen LogP contribution in [0.5, 0.6) is 0 Å². The third kappa shape index (κ3) is 3.66. The first-order valence-electron chi connectivity index (χ1n) is 10.0. The lowest BCUT2D eigenvalue weighted by Crippen LogP contribution is -2.32. The number of hydrogen-bond donors (Lipinski definition) is 4.